The fourth-order valence-corrected chi connectivity index (χ4v) is 3.29. The van der Waals surface area contributed by atoms with Crippen molar-refractivity contribution in [3.05, 3.63) is 0 Å². The maximum atomic E-state index is 5.97. The van der Waals surface area contributed by atoms with E-state index in [9.17, 15) is 0 Å². The van der Waals surface area contributed by atoms with E-state index in [4.69, 9.17) is 5.73 Å². The standard InChI is InChI=1S/C14H28N2/c1-14(2,3)11-8-9-16(10-11)13-6-4-12(15)5-7-13/h11-13H,4-10,15H2,1-3H3. The van der Waals surface area contributed by atoms with Gasteiger partial charge in [-0.1, -0.05) is 20.8 Å². The van der Waals surface area contributed by atoms with Crippen molar-refractivity contribution in [3.8, 4) is 0 Å². The minimum Gasteiger partial charge on any atom is -0.328 e. The zero-order chi connectivity index (χ0) is 11.8. The lowest BCUT2D eigenvalue weighted by atomic mass is 9.80. The molecule has 2 nitrogen and oxygen atoms in total. The Morgan fingerprint density at radius 2 is 1.62 bits per heavy atom. The molecule has 1 aliphatic heterocycles. The van der Waals surface area contributed by atoms with Crippen molar-refractivity contribution in [2.24, 2.45) is 17.1 Å². The molecule has 0 aromatic carbocycles. The molecule has 94 valence electrons. The van der Waals surface area contributed by atoms with Crippen LogP contribution in [0.25, 0.3) is 0 Å². The molecule has 0 spiro atoms. The molecule has 2 heteroatoms. The highest BCUT2D eigenvalue weighted by Gasteiger charge is 2.35. The molecule has 1 saturated heterocycles. The molecule has 2 N–H and O–H groups in total. The Bertz CT molecular complexity index is 223. The highest BCUT2D eigenvalue weighted by molar-refractivity contribution is 4.89. The minimum atomic E-state index is 0.484. The van der Waals surface area contributed by atoms with Crippen LogP contribution in [0.1, 0.15) is 52.9 Å². The first-order valence-electron chi connectivity index (χ1n) is 6.96. The van der Waals surface area contributed by atoms with Crippen molar-refractivity contribution in [2.45, 2.75) is 65.0 Å². The molecular weight excluding hydrogens is 196 g/mol. The van der Waals surface area contributed by atoms with Gasteiger partial charge in [-0.3, -0.25) is 0 Å². The second-order valence-electron chi connectivity index (χ2n) is 6.92. The molecule has 1 saturated carbocycles. The first kappa shape index (κ1) is 12.4. The zero-order valence-electron chi connectivity index (χ0n) is 11.2. The molecule has 0 bridgehead atoms. The average Bonchev–Trinajstić information content (AvgIpc) is 2.67. The molecule has 16 heavy (non-hydrogen) atoms. The minimum absolute atomic E-state index is 0.484. The molecule has 0 aromatic rings. The lowest BCUT2D eigenvalue weighted by Gasteiger charge is -2.34. The van der Waals surface area contributed by atoms with Crippen LogP contribution >= 0.6 is 0 Å². The highest BCUT2D eigenvalue weighted by atomic mass is 15.2. The lowest BCUT2D eigenvalue weighted by molar-refractivity contribution is 0.158. The molecule has 1 heterocycles. The summed E-state index contributed by atoms with van der Waals surface area (Å²) in [6, 6.07) is 1.32. The van der Waals surface area contributed by atoms with Crippen LogP contribution in [-0.2, 0) is 0 Å². The van der Waals surface area contributed by atoms with Crippen LogP contribution in [-0.4, -0.2) is 30.1 Å². The second kappa shape index (κ2) is 4.66. The average molecular weight is 224 g/mol. The quantitative estimate of drug-likeness (QED) is 0.742. The predicted molar refractivity (Wildman–Crippen MR) is 69.4 cm³/mol. The first-order chi connectivity index (χ1) is 7.47. The summed E-state index contributed by atoms with van der Waals surface area (Å²) in [7, 11) is 0. The fourth-order valence-electron chi connectivity index (χ4n) is 3.29. The summed E-state index contributed by atoms with van der Waals surface area (Å²) < 4.78 is 0. The van der Waals surface area contributed by atoms with E-state index >= 15 is 0 Å². The van der Waals surface area contributed by atoms with Gasteiger partial charge >= 0.3 is 0 Å². The van der Waals surface area contributed by atoms with E-state index in [1.807, 2.05) is 0 Å². The largest absolute Gasteiger partial charge is 0.328 e. The third-order valence-electron chi connectivity index (χ3n) is 4.70. The van der Waals surface area contributed by atoms with Gasteiger partial charge in [-0.05, 0) is 50.0 Å². The van der Waals surface area contributed by atoms with Gasteiger partial charge in [0, 0.05) is 18.6 Å². The Labute approximate surface area is 101 Å². The number of hydrogen-bond acceptors (Lipinski definition) is 2. The lowest BCUT2D eigenvalue weighted by Crippen LogP contribution is -2.40. The van der Waals surface area contributed by atoms with Crippen LogP contribution in [0.5, 0.6) is 0 Å². The van der Waals surface area contributed by atoms with Gasteiger partial charge in [0.15, 0.2) is 0 Å². The van der Waals surface area contributed by atoms with Crippen LogP contribution in [0, 0.1) is 11.3 Å². The predicted octanol–water partition coefficient (Wildman–Crippen LogP) is 2.62. The Kier molecular flexibility index (Phi) is 3.60. The molecule has 1 unspecified atom stereocenters. The zero-order valence-corrected chi connectivity index (χ0v) is 11.2. The molecule has 0 radical (unpaired) electrons. The van der Waals surface area contributed by atoms with Gasteiger partial charge < -0.3 is 10.6 Å². The third-order valence-corrected chi connectivity index (χ3v) is 4.70. The van der Waals surface area contributed by atoms with Gasteiger partial charge in [-0.25, -0.2) is 0 Å². The number of nitrogens with two attached hydrogens (primary N) is 1. The summed E-state index contributed by atoms with van der Waals surface area (Å²) in [5.41, 5.74) is 6.46. The molecular formula is C14H28N2. The van der Waals surface area contributed by atoms with Gasteiger partial charge in [0.2, 0.25) is 0 Å². The van der Waals surface area contributed by atoms with Crippen LogP contribution in [0.2, 0.25) is 0 Å². The topological polar surface area (TPSA) is 29.3 Å². The molecule has 2 fully saturated rings. The monoisotopic (exact) mass is 224 g/mol. The van der Waals surface area contributed by atoms with Crippen molar-refractivity contribution in [1.29, 1.82) is 0 Å². The van der Waals surface area contributed by atoms with Crippen molar-refractivity contribution < 1.29 is 0 Å². The number of hydrogen-bond donors (Lipinski definition) is 1. The maximum Gasteiger partial charge on any atom is 0.00965 e. The maximum absolute atomic E-state index is 5.97. The van der Waals surface area contributed by atoms with Crippen LogP contribution in [0.3, 0.4) is 0 Å². The molecule has 2 rings (SSSR count). The van der Waals surface area contributed by atoms with Gasteiger partial charge in [-0.15, -0.1) is 0 Å². The van der Waals surface area contributed by atoms with E-state index in [2.05, 4.69) is 25.7 Å². The number of nitrogens with zero attached hydrogens (tertiary/aromatic N) is 1. The van der Waals surface area contributed by atoms with Crippen molar-refractivity contribution >= 4 is 0 Å². The van der Waals surface area contributed by atoms with Gasteiger partial charge in [-0.2, -0.15) is 0 Å². The van der Waals surface area contributed by atoms with Crippen molar-refractivity contribution in [1.82, 2.24) is 4.90 Å². The SMILES string of the molecule is CC(C)(C)C1CCN(C2CCC(N)CC2)C1. The summed E-state index contributed by atoms with van der Waals surface area (Å²) in [4.78, 5) is 2.74. The smallest absolute Gasteiger partial charge is 0.00965 e. The first-order valence-corrected chi connectivity index (χ1v) is 6.96. The van der Waals surface area contributed by atoms with Crippen LogP contribution in [0.4, 0.5) is 0 Å². The molecule has 0 amide bonds. The number of rotatable bonds is 1. The third kappa shape index (κ3) is 2.78. The summed E-state index contributed by atoms with van der Waals surface area (Å²) >= 11 is 0. The van der Waals surface area contributed by atoms with E-state index < -0.39 is 0 Å². The van der Waals surface area contributed by atoms with Gasteiger partial charge in [0.1, 0.15) is 0 Å². The van der Waals surface area contributed by atoms with Crippen LogP contribution < -0.4 is 5.73 Å². The highest BCUT2D eigenvalue weighted by Crippen LogP contribution is 2.36. The van der Waals surface area contributed by atoms with E-state index in [1.54, 1.807) is 0 Å². The van der Waals surface area contributed by atoms with E-state index in [0.717, 1.165) is 12.0 Å². The van der Waals surface area contributed by atoms with E-state index in [0.29, 0.717) is 11.5 Å². The van der Waals surface area contributed by atoms with Crippen molar-refractivity contribution in [2.75, 3.05) is 13.1 Å². The van der Waals surface area contributed by atoms with Crippen molar-refractivity contribution in [3.63, 3.8) is 0 Å². The van der Waals surface area contributed by atoms with E-state index in [1.165, 1.54) is 45.2 Å². The van der Waals surface area contributed by atoms with E-state index in [-0.39, 0.29) is 0 Å². The molecule has 2 aliphatic rings. The summed E-state index contributed by atoms with van der Waals surface area (Å²) in [6.07, 6.45) is 6.53. The summed E-state index contributed by atoms with van der Waals surface area (Å²) in [5.74, 6) is 0.892. The second-order valence-corrected chi connectivity index (χ2v) is 6.92. The normalized spacial score (nSPS) is 37.9. The van der Waals surface area contributed by atoms with Gasteiger partial charge in [0.25, 0.3) is 0 Å². The fraction of sp³-hybridized carbons (Fsp3) is 1.00. The molecule has 1 aliphatic carbocycles. The Morgan fingerprint density at radius 3 is 2.12 bits per heavy atom. The Balaban J connectivity index is 1.84. The Morgan fingerprint density at radius 1 is 1.00 bits per heavy atom. The molecule has 1 atom stereocenters. The summed E-state index contributed by atoms with van der Waals surface area (Å²) in [5, 5.41) is 0. The van der Waals surface area contributed by atoms with Crippen LogP contribution in [0.15, 0.2) is 0 Å². The molecule has 0 aromatic heterocycles. The summed E-state index contributed by atoms with van der Waals surface area (Å²) in [6.45, 7) is 9.80. The Hall–Kier alpha value is -0.0800. The van der Waals surface area contributed by atoms with Gasteiger partial charge in [0.05, 0.1) is 0 Å². The number of likely N-dealkylation sites (tertiary alicyclic amines) is 1.